The van der Waals surface area contributed by atoms with Crippen LogP contribution in [0.4, 0.5) is 13.2 Å². The number of hydrogen-bond acceptors (Lipinski definition) is 3. The monoisotopic (exact) mass is 358 g/mol. The third kappa shape index (κ3) is 5.92. The second kappa shape index (κ2) is 7.72. The summed E-state index contributed by atoms with van der Waals surface area (Å²) in [5.74, 6) is -4.85. The number of carboxylic acids is 1. The van der Waals surface area contributed by atoms with E-state index in [2.05, 4.69) is 0 Å². The Morgan fingerprint density at radius 3 is 2.00 bits per heavy atom. The molecule has 0 aliphatic rings. The fraction of sp³-hybridized carbons (Fsp3) is 0.444. The van der Waals surface area contributed by atoms with Gasteiger partial charge in [-0.3, -0.25) is 9.59 Å². The molecule has 25 heavy (non-hydrogen) atoms. The van der Waals surface area contributed by atoms with Crippen LogP contribution in [-0.2, 0) is 20.5 Å². The molecule has 0 aliphatic heterocycles. The molecule has 1 rings (SSSR count). The molecule has 7 heteroatoms. The number of esters is 1. The number of carbonyl (C=O) groups excluding carboxylic acids is 1. The summed E-state index contributed by atoms with van der Waals surface area (Å²) < 4.78 is 43.2. The molecule has 0 aliphatic carbocycles. The number of hydrogen-bond donors (Lipinski definition) is 1. The van der Waals surface area contributed by atoms with Crippen LogP contribution in [0, 0.1) is 5.92 Å². The van der Waals surface area contributed by atoms with Gasteiger partial charge in [-0.2, -0.15) is 13.2 Å². The van der Waals surface area contributed by atoms with E-state index in [4.69, 9.17) is 4.74 Å². The molecule has 2 unspecified atom stereocenters. The number of ether oxygens (including phenoxy) is 1. The van der Waals surface area contributed by atoms with Crippen LogP contribution in [0.1, 0.15) is 44.7 Å². The van der Waals surface area contributed by atoms with Crippen LogP contribution in [0.25, 0.3) is 0 Å². The molecule has 0 saturated carbocycles. The highest BCUT2D eigenvalue weighted by Gasteiger charge is 2.38. The van der Waals surface area contributed by atoms with E-state index in [9.17, 15) is 27.9 Å². The second-order valence-corrected chi connectivity index (χ2v) is 6.52. The minimum atomic E-state index is -4.49. The minimum absolute atomic E-state index is 0.282. The third-order valence-electron chi connectivity index (χ3n) is 3.31. The number of benzene rings is 1. The lowest BCUT2D eigenvalue weighted by Crippen LogP contribution is -2.36. The van der Waals surface area contributed by atoms with Gasteiger partial charge in [0, 0.05) is 5.92 Å². The van der Waals surface area contributed by atoms with Gasteiger partial charge in [0.25, 0.3) is 0 Å². The summed E-state index contributed by atoms with van der Waals surface area (Å²) in [5.41, 5.74) is -1.45. The Bertz CT molecular complexity index is 640. The Balaban J connectivity index is 3.26. The Morgan fingerprint density at radius 1 is 1.12 bits per heavy atom. The Hall–Kier alpha value is -2.31. The maximum Gasteiger partial charge on any atom is 0.416 e. The molecule has 138 valence electrons. The van der Waals surface area contributed by atoms with Crippen LogP contribution < -0.4 is 0 Å². The molecular weight excluding hydrogens is 337 g/mol. The molecule has 0 bridgehead atoms. The van der Waals surface area contributed by atoms with E-state index in [-0.39, 0.29) is 5.56 Å². The average molecular weight is 358 g/mol. The maximum absolute atomic E-state index is 12.7. The van der Waals surface area contributed by atoms with Gasteiger partial charge in [0.2, 0.25) is 0 Å². The molecule has 0 radical (unpaired) electrons. The first-order valence-corrected chi connectivity index (χ1v) is 7.62. The van der Waals surface area contributed by atoms with Gasteiger partial charge >= 0.3 is 18.1 Å². The zero-order chi connectivity index (χ0) is 19.4. The van der Waals surface area contributed by atoms with Crippen molar-refractivity contribution in [3.05, 3.63) is 47.5 Å². The molecule has 0 aromatic heterocycles. The molecule has 4 nitrogen and oxygen atoms in total. The molecule has 0 amide bonds. The van der Waals surface area contributed by atoms with E-state index in [0.717, 1.165) is 12.1 Å². The third-order valence-corrected chi connectivity index (χ3v) is 3.31. The van der Waals surface area contributed by atoms with Crippen LogP contribution in [0.3, 0.4) is 0 Å². The first-order valence-electron chi connectivity index (χ1n) is 7.62. The van der Waals surface area contributed by atoms with Crippen molar-refractivity contribution in [2.45, 2.75) is 45.4 Å². The Labute approximate surface area is 144 Å². The Morgan fingerprint density at radius 2 is 1.64 bits per heavy atom. The van der Waals surface area contributed by atoms with Crippen LogP contribution in [0.2, 0.25) is 0 Å². The van der Waals surface area contributed by atoms with Crippen LogP contribution >= 0.6 is 0 Å². The van der Waals surface area contributed by atoms with Gasteiger partial charge in [-0.25, -0.2) is 0 Å². The molecular formula is C18H21F3O4. The first-order chi connectivity index (χ1) is 11.4. The molecule has 0 heterocycles. The normalized spacial score (nSPS) is 15.0. The summed E-state index contributed by atoms with van der Waals surface area (Å²) in [7, 11) is 0. The molecule has 0 spiro atoms. The molecule has 1 aromatic rings. The van der Waals surface area contributed by atoms with Crippen molar-refractivity contribution in [3.63, 3.8) is 0 Å². The van der Waals surface area contributed by atoms with Crippen molar-refractivity contribution in [1.29, 1.82) is 0 Å². The number of alkyl halides is 3. The van der Waals surface area contributed by atoms with E-state index in [1.807, 2.05) is 0 Å². The summed E-state index contributed by atoms with van der Waals surface area (Å²) in [6.45, 7) is 6.44. The van der Waals surface area contributed by atoms with Crippen molar-refractivity contribution in [3.8, 4) is 0 Å². The van der Waals surface area contributed by atoms with Gasteiger partial charge in [0.15, 0.2) is 5.92 Å². The highest BCUT2D eigenvalue weighted by molar-refractivity contribution is 5.95. The fourth-order valence-corrected chi connectivity index (χ4v) is 2.28. The molecule has 0 fully saturated rings. The standard InChI is InChI=1S/C18H21F3O4/c1-5-6-13(11-7-9-12(10-8-11)18(19,20)21)14(15(22)23)16(24)25-17(2,3)4/h5-10,13-14H,1-4H3,(H,22,23). The number of rotatable bonds is 5. The smallest absolute Gasteiger partial charge is 0.416 e. The van der Waals surface area contributed by atoms with Gasteiger partial charge in [0.05, 0.1) is 5.56 Å². The van der Waals surface area contributed by atoms with Gasteiger partial charge in [-0.05, 0) is 45.4 Å². The lowest BCUT2D eigenvalue weighted by atomic mass is 9.85. The summed E-state index contributed by atoms with van der Waals surface area (Å²) in [5, 5.41) is 9.47. The number of allylic oxidation sites excluding steroid dienone is 2. The van der Waals surface area contributed by atoms with Crippen molar-refractivity contribution in [1.82, 2.24) is 0 Å². The quantitative estimate of drug-likeness (QED) is 0.481. The second-order valence-electron chi connectivity index (χ2n) is 6.52. The van der Waals surface area contributed by atoms with Crippen molar-refractivity contribution in [2.24, 2.45) is 5.92 Å². The summed E-state index contributed by atoms with van der Waals surface area (Å²) in [6.07, 6.45) is -1.49. The lowest BCUT2D eigenvalue weighted by Gasteiger charge is -2.26. The summed E-state index contributed by atoms with van der Waals surface area (Å²) >= 11 is 0. The van der Waals surface area contributed by atoms with Gasteiger partial charge < -0.3 is 9.84 Å². The Kier molecular flexibility index (Phi) is 6.40. The number of aliphatic carboxylic acids is 1. The number of carboxylic acid groups (broad SMARTS) is 1. The van der Waals surface area contributed by atoms with E-state index < -0.39 is 41.1 Å². The van der Waals surface area contributed by atoms with Gasteiger partial charge in [-0.15, -0.1) is 0 Å². The molecule has 1 aromatic carbocycles. The van der Waals surface area contributed by atoms with Crippen LogP contribution in [0.5, 0.6) is 0 Å². The van der Waals surface area contributed by atoms with Gasteiger partial charge in [0.1, 0.15) is 5.60 Å². The van der Waals surface area contributed by atoms with E-state index >= 15 is 0 Å². The predicted molar refractivity (Wildman–Crippen MR) is 86.0 cm³/mol. The lowest BCUT2D eigenvalue weighted by molar-refractivity contribution is -0.167. The average Bonchev–Trinajstić information content (AvgIpc) is 2.43. The number of halogens is 3. The molecule has 1 N–H and O–H groups in total. The highest BCUT2D eigenvalue weighted by atomic mass is 19.4. The van der Waals surface area contributed by atoms with E-state index in [0.29, 0.717) is 0 Å². The van der Waals surface area contributed by atoms with Crippen molar-refractivity contribution >= 4 is 11.9 Å². The minimum Gasteiger partial charge on any atom is -0.481 e. The maximum atomic E-state index is 12.7. The zero-order valence-corrected chi connectivity index (χ0v) is 14.4. The SMILES string of the molecule is CC=CC(c1ccc(C(F)(F)F)cc1)C(C(=O)O)C(=O)OC(C)(C)C. The zero-order valence-electron chi connectivity index (χ0n) is 14.4. The van der Waals surface area contributed by atoms with Crippen molar-refractivity contribution < 1.29 is 32.6 Å². The molecule has 0 saturated heterocycles. The van der Waals surface area contributed by atoms with Crippen molar-refractivity contribution in [2.75, 3.05) is 0 Å². The largest absolute Gasteiger partial charge is 0.481 e. The summed E-state index contributed by atoms with van der Waals surface area (Å²) in [6, 6.07) is 4.07. The number of carbonyl (C=O) groups is 2. The molecule has 2 atom stereocenters. The van der Waals surface area contributed by atoms with Crippen LogP contribution in [0.15, 0.2) is 36.4 Å². The first kappa shape index (κ1) is 20.7. The van der Waals surface area contributed by atoms with Gasteiger partial charge in [-0.1, -0.05) is 24.3 Å². The predicted octanol–water partition coefficient (Wildman–Crippen LogP) is 4.41. The fourth-order valence-electron chi connectivity index (χ4n) is 2.28. The van der Waals surface area contributed by atoms with E-state index in [1.54, 1.807) is 33.8 Å². The van der Waals surface area contributed by atoms with E-state index in [1.165, 1.54) is 18.2 Å². The summed E-state index contributed by atoms with van der Waals surface area (Å²) in [4.78, 5) is 23.9. The highest BCUT2D eigenvalue weighted by Crippen LogP contribution is 2.33. The topological polar surface area (TPSA) is 63.6 Å². The van der Waals surface area contributed by atoms with Crippen LogP contribution in [-0.4, -0.2) is 22.6 Å².